The quantitative estimate of drug-likeness (QED) is 0.874. The van der Waals surface area contributed by atoms with Gasteiger partial charge in [0.2, 0.25) is 5.91 Å². The summed E-state index contributed by atoms with van der Waals surface area (Å²) in [5.74, 6) is -0.0825. The summed E-state index contributed by atoms with van der Waals surface area (Å²) in [5, 5.41) is 3.81. The minimum Gasteiger partial charge on any atom is -0.328 e. The summed E-state index contributed by atoms with van der Waals surface area (Å²) in [6, 6.07) is 3.69. The number of amides is 1. The molecule has 0 aromatic heterocycles. The van der Waals surface area contributed by atoms with Gasteiger partial charge >= 0.3 is 0 Å². The number of nitrogens with one attached hydrogen (secondary N) is 1. The van der Waals surface area contributed by atoms with Crippen LogP contribution in [0, 0.1) is 12.8 Å². The van der Waals surface area contributed by atoms with Crippen LogP contribution in [0.4, 0.5) is 5.69 Å². The van der Waals surface area contributed by atoms with Crippen LogP contribution >= 0.6 is 23.2 Å². The number of benzene rings is 1. The largest absolute Gasteiger partial charge is 0.328 e. The molecule has 19 heavy (non-hydrogen) atoms. The smallest absolute Gasteiger partial charge is 0.227 e. The van der Waals surface area contributed by atoms with E-state index in [2.05, 4.69) is 5.32 Å². The van der Waals surface area contributed by atoms with Gasteiger partial charge in [-0.3, -0.25) is 4.79 Å². The first-order valence-corrected chi connectivity index (χ1v) is 7.25. The standard InChI is InChI=1S/C14H18Cl2N2O/c1-8-5-6-11(15)13(12(8)16)18-14(19)9-3-2-4-10(17)7-9/h5-6,9-10H,2-4,7,17H2,1H3,(H,18,19). The molecule has 1 aromatic rings. The first kappa shape index (κ1) is 14.6. The molecule has 0 spiro atoms. The summed E-state index contributed by atoms with van der Waals surface area (Å²) < 4.78 is 0. The second kappa shape index (κ2) is 6.12. The van der Waals surface area contributed by atoms with Crippen molar-refractivity contribution in [3.8, 4) is 0 Å². The third-order valence-corrected chi connectivity index (χ3v) is 4.42. The lowest BCUT2D eigenvalue weighted by atomic mass is 9.85. The lowest BCUT2D eigenvalue weighted by Gasteiger charge is -2.26. The summed E-state index contributed by atoms with van der Waals surface area (Å²) >= 11 is 12.3. The monoisotopic (exact) mass is 300 g/mol. The number of anilines is 1. The highest BCUT2D eigenvalue weighted by Gasteiger charge is 2.26. The van der Waals surface area contributed by atoms with Gasteiger partial charge in [0.05, 0.1) is 15.7 Å². The van der Waals surface area contributed by atoms with Gasteiger partial charge in [-0.05, 0) is 37.8 Å². The normalized spacial score (nSPS) is 23.2. The molecule has 3 N–H and O–H groups in total. The molecule has 2 atom stereocenters. The molecule has 1 aliphatic rings. The fourth-order valence-electron chi connectivity index (χ4n) is 2.46. The predicted molar refractivity (Wildman–Crippen MR) is 79.8 cm³/mol. The maximum absolute atomic E-state index is 12.2. The van der Waals surface area contributed by atoms with E-state index in [9.17, 15) is 4.79 Å². The van der Waals surface area contributed by atoms with Crippen molar-refractivity contribution < 1.29 is 4.79 Å². The number of hydrogen-bond donors (Lipinski definition) is 2. The molecule has 1 aromatic carbocycles. The van der Waals surface area contributed by atoms with E-state index in [1.54, 1.807) is 6.07 Å². The van der Waals surface area contributed by atoms with E-state index < -0.39 is 0 Å². The van der Waals surface area contributed by atoms with Crippen molar-refractivity contribution in [2.24, 2.45) is 11.7 Å². The Morgan fingerprint density at radius 2 is 2.11 bits per heavy atom. The van der Waals surface area contributed by atoms with E-state index >= 15 is 0 Å². The van der Waals surface area contributed by atoms with Crippen LogP contribution in [0.15, 0.2) is 12.1 Å². The van der Waals surface area contributed by atoms with Gasteiger partial charge in [0, 0.05) is 12.0 Å². The zero-order chi connectivity index (χ0) is 14.0. The molecule has 0 heterocycles. The van der Waals surface area contributed by atoms with Crippen LogP contribution < -0.4 is 11.1 Å². The molecule has 5 heteroatoms. The van der Waals surface area contributed by atoms with Crippen LogP contribution in [-0.2, 0) is 4.79 Å². The fourth-order valence-corrected chi connectivity index (χ4v) is 2.93. The molecular weight excluding hydrogens is 283 g/mol. The number of aryl methyl sites for hydroxylation is 1. The molecule has 2 rings (SSSR count). The molecule has 0 bridgehead atoms. The van der Waals surface area contributed by atoms with Crippen LogP contribution in [0.2, 0.25) is 10.0 Å². The van der Waals surface area contributed by atoms with E-state index in [0.29, 0.717) is 15.7 Å². The third kappa shape index (κ3) is 3.41. The Morgan fingerprint density at radius 1 is 1.37 bits per heavy atom. The van der Waals surface area contributed by atoms with Crippen LogP contribution in [0.3, 0.4) is 0 Å². The molecule has 1 aliphatic carbocycles. The molecule has 0 aliphatic heterocycles. The van der Waals surface area contributed by atoms with Gasteiger partial charge in [-0.25, -0.2) is 0 Å². The lowest BCUT2D eigenvalue weighted by Crippen LogP contribution is -2.34. The van der Waals surface area contributed by atoms with Crippen molar-refractivity contribution in [2.75, 3.05) is 5.32 Å². The number of nitrogens with two attached hydrogens (primary N) is 1. The Morgan fingerprint density at radius 3 is 2.79 bits per heavy atom. The number of carbonyl (C=O) groups excluding carboxylic acids is 1. The third-order valence-electron chi connectivity index (χ3n) is 3.62. The topological polar surface area (TPSA) is 55.1 Å². The highest BCUT2D eigenvalue weighted by atomic mass is 35.5. The van der Waals surface area contributed by atoms with E-state index in [-0.39, 0.29) is 17.9 Å². The molecule has 3 nitrogen and oxygen atoms in total. The number of hydrogen-bond acceptors (Lipinski definition) is 2. The molecule has 2 unspecified atom stereocenters. The van der Waals surface area contributed by atoms with Gasteiger partial charge < -0.3 is 11.1 Å². The average molecular weight is 301 g/mol. The highest BCUT2D eigenvalue weighted by molar-refractivity contribution is 6.40. The van der Waals surface area contributed by atoms with Gasteiger partial charge in [-0.2, -0.15) is 0 Å². The Labute approximate surface area is 123 Å². The summed E-state index contributed by atoms with van der Waals surface area (Å²) in [7, 11) is 0. The van der Waals surface area contributed by atoms with Gasteiger partial charge in [0.25, 0.3) is 0 Å². The predicted octanol–water partition coefficient (Wildman–Crippen LogP) is 3.76. The number of carbonyl (C=O) groups is 1. The van der Waals surface area contributed by atoms with Crippen LogP contribution in [0.1, 0.15) is 31.2 Å². The van der Waals surface area contributed by atoms with Crippen molar-refractivity contribution in [3.63, 3.8) is 0 Å². The van der Waals surface area contributed by atoms with Crippen LogP contribution in [0.25, 0.3) is 0 Å². The molecule has 1 amide bonds. The van der Waals surface area contributed by atoms with Crippen LogP contribution in [-0.4, -0.2) is 11.9 Å². The Kier molecular flexibility index (Phi) is 4.71. The molecule has 0 saturated heterocycles. The highest BCUT2D eigenvalue weighted by Crippen LogP contribution is 2.34. The zero-order valence-electron chi connectivity index (χ0n) is 10.9. The Bertz CT molecular complexity index is 491. The van der Waals surface area contributed by atoms with Crippen molar-refractivity contribution >= 4 is 34.8 Å². The first-order chi connectivity index (χ1) is 8.99. The molecule has 0 radical (unpaired) electrons. The molecular formula is C14H18Cl2N2O. The Hall–Kier alpha value is -0.770. The summed E-state index contributed by atoms with van der Waals surface area (Å²) in [5.41, 5.74) is 7.31. The molecule has 104 valence electrons. The zero-order valence-corrected chi connectivity index (χ0v) is 12.4. The van der Waals surface area contributed by atoms with E-state index in [4.69, 9.17) is 28.9 Å². The fraction of sp³-hybridized carbons (Fsp3) is 0.500. The molecule has 1 saturated carbocycles. The van der Waals surface area contributed by atoms with E-state index in [1.807, 2.05) is 13.0 Å². The van der Waals surface area contributed by atoms with Gasteiger partial charge in [0.1, 0.15) is 0 Å². The van der Waals surface area contributed by atoms with Gasteiger partial charge in [-0.15, -0.1) is 0 Å². The summed E-state index contributed by atoms with van der Waals surface area (Å²) in [6.45, 7) is 1.88. The second-order valence-corrected chi connectivity index (χ2v) is 5.95. The summed E-state index contributed by atoms with van der Waals surface area (Å²) in [6.07, 6.45) is 3.59. The lowest BCUT2D eigenvalue weighted by molar-refractivity contribution is -0.120. The maximum atomic E-state index is 12.2. The van der Waals surface area contributed by atoms with Crippen molar-refractivity contribution in [2.45, 2.75) is 38.6 Å². The number of rotatable bonds is 2. The SMILES string of the molecule is Cc1ccc(Cl)c(NC(=O)C2CCCC(N)C2)c1Cl. The first-order valence-electron chi connectivity index (χ1n) is 6.50. The second-order valence-electron chi connectivity index (χ2n) is 5.17. The van der Waals surface area contributed by atoms with Gasteiger partial charge in [-0.1, -0.05) is 35.7 Å². The van der Waals surface area contributed by atoms with Crippen molar-refractivity contribution in [1.82, 2.24) is 0 Å². The number of halogens is 2. The van der Waals surface area contributed by atoms with Crippen molar-refractivity contribution in [1.29, 1.82) is 0 Å². The average Bonchev–Trinajstić information content (AvgIpc) is 2.39. The maximum Gasteiger partial charge on any atom is 0.227 e. The Balaban J connectivity index is 2.13. The van der Waals surface area contributed by atoms with Crippen molar-refractivity contribution in [3.05, 3.63) is 27.7 Å². The minimum absolute atomic E-state index is 0.0375. The van der Waals surface area contributed by atoms with Crippen LogP contribution in [0.5, 0.6) is 0 Å². The van der Waals surface area contributed by atoms with Gasteiger partial charge in [0.15, 0.2) is 0 Å². The minimum atomic E-state index is -0.0450. The molecule has 1 fully saturated rings. The van der Waals surface area contributed by atoms with E-state index in [0.717, 1.165) is 31.2 Å². The summed E-state index contributed by atoms with van der Waals surface area (Å²) in [4.78, 5) is 12.2. The van der Waals surface area contributed by atoms with E-state index in [1.165, 1.54) is 0 Å².